The molecule has 1 saturated carbocycles. The number of carbonyl (C=O) groups is 1. The van der Waals surface area contributed by atoms with Gasteiger partial charge < -0.3 is 19.9 Å². The van der Waals surface area contributed by atoms with E-state index >= 15 is 0 Å². The summed E-state index contributed by atoms with van der Waals surface area (Å²) >= 11 is 1.10. The number of aromatic amines is 1. The Labute approximate surface area is 176 Å². The Morgan fingerprint density at radius 2 is 2.20 bits per heavy atom. The van der Waals surface area contributed by atoms with Crippen LogP contribution in [0.1, 0.15) is 18.4 Å². The van der Waals surface area contributed by atoms with Gasteiger partial charge in [-0.3, -0.25) is 5.32 Å². The van der Waals surface area contributed by atoms with Crippen LogP contribution in [0.2, 0.25) is 0 Å². The normalized spacial score (nSPS) is 22.7. The van der Waals surface area contributed by atoms with E-state index in [0.717, 1.165) is 41.1 Å². The van der Waals surface area contributed by atoms with Crippen molar-refractivity contribution in [3.05, 3.63) is 24.0 Å². The number of nitrogens with zero attached hydrogens (tertiary/aromatic N) is 5. The maximum absolute atomic E-state index is 12.6. The zero-order valence-electron chi connectivity index (χ0n) is 16.3. The minimum atomic E-state index is -0.150. The molecule has 10 nitrogen and oxygen atoms in total. The molecule has 2 aliphatic rings. The molecule has 2 unspecified atom stereocenters. The number of hydrogen-bond donors (Lipinski definition) is 3. The Morgan fingerprint density at radius 1 is 1.40 bits per heavy atom. The highest BCUT2D eigenvalue weighted by Gasteiger charge is 2.42. The summed E-state index contributed by atoms with van der Waals surface area (Å²) in [6.45, 7) is 1.43. The molecule has 154 valence electrons. The van der Waals surface area contributed by atoms with E-state index in [1.807, 2.05) is 17.2 Å². The lowest BCUT2D eigenvalue weighted by Gasteiger charge is -2.21. The van der Waals surface area contributed by atoms with Crippen molar-refractivity contribution in [2.24, 2.45) is 11.8 Å². The monoisotopic (exact) mass is 424 g/mol. The summed E-state index contributed by atoms with van der Waals surface area (Å²) in [4.78, 5) is 25.9. The number of urea groups is 1. The average molecular weight is 424 g/mol. The number of pyridine rings is 1. The first-order valence-electron chi connectivity index (χ1n) is 9.71. The predicted molar refractivity (Wildman–Crippen MR) is 111 cm³/mol. The first kappa shape index (κ1) is 18.6. The topological polar surface area (TPSA) is 132 Å². The number of anilines is 2. The number of nitrogens with one attached hydrogen (secondary N) is 3. The zero-order valence-corrected chi connectivity index (χ0v) is 17.1. The quantitative estimate of drug-likeness (QED) is 0.586. The van der Waals surface area contributed by atoms with Gasteiger partial charge in [0.05, 0.1) is 18.4 Å². The molecular weight excluding hydrogens is 404 g/mol. The molecule has 3 aromatic heterocycles. The summed E-state index contributed by atoms with van der Waals surface area (Å²) in [6, 6.07) is 4.55. The van der Waals surface area contributed by atoms with Gasteiger partial charge in [0.25, 0.3) is 0 Å². The predicted octanol–water partition coefficient (Wildman–Crippen LogP) is 2.65. The highest BCUT2D eigenvalue weighted by molar-refractivity contribution is 7.10. The number of aromatic nitrogens is 4. The van der Waals surface area contributed by atoms with Crippen LogP contribution in [0.3, 0.4) is 0 Å². The van der Waals surface area contributed by atoms with Crippen LogP contribution < -0.4 is 15.4 Å². The Kier molecular flexibility index (Phi) is 4.63. The van der Waals surface area contributed by atoms with Crippen LogP contribution in [0, 0.1) is 23.2 Å². The van der Waals surface area contributed by atoms with E-state index < -0.39 is 0 Å². The van der Waals surface area contributed by atoms with Crippen molar-refractivity contribution in [3.8, 4) is 12.1 Å². The molecule has 3 N–H and O–H groups in total. The third-order valence-corrected chi connectivity index (χ3v) is 6.51. The van der Waals surface area contributed by atoms with Gasteiger partial charge in [0.2, 0.25) is 5.13 Å². The number of methoxy groups -OCH3 is 1. The lowest BCUT2D eigenvalue weighted by Crippen LogP contribution is -2.34. The van der Waals surface area contributed by atoms with Gasteiger partial charge >= 0.3 is 12.0 Å². The van der Waals surface area contributed by atoms with Crippen LogP contribution in [-0.2, 0) is 0 Å². The van der Waals surface area contributed by atoms with E-state index in [2.05, 4.69) is 36.0 Å². The first-order chi connectivity index (χ1) is 14.6. The van der Waals surface area contributed by atoms with Gasteiger partial charge in [-0.15, -0.1) is 4.37 Å². The summed E-state index contributed by atoms with van der Waals surface area (Å²) < 4.78 is 8.94. The number of hydrogen-bond acceptors (Lipinski definition) is 8. The summed E-state index contributed by atoms with van der Waals surface area (Å²) in [7, 11) is 1.49. The number of H-pyrrole nitrogens is 1. The summed E-state index contributed by atoms with van der Waals surface area (Å²) in [6.07, 6.45) is 5.35. The SMILES string of the molecule is COc1nsc(NC(=O)N2CC3CC(Nc4c(C#N)cnc5[nH]ccc45)C[C@@H]3C2)n1. The van der Waals surface area contributed by atoms with E-state index in [-0.39, 0.29) is 18.1 Å². The molecule has 0 spiro atoms. The fourth-order valence-corrected chi connectivity index (χ4v) is 5.08. The Hall–Kier alpha value is -3.39. The first-order valence-corrected chi connectivity index (χ1v) is 10.5. The third kappa shape index (κ3) is 3.29. The molecule has 3 aromatic rings. The standard InChI is InChI=1S/C19H20N8O2S/c1-29-17-24-18(30-26-17)25-19(28)27-8-10-4-13(5-11(10)9-27)23-15-12(6-20)7-22-16-14(15)2-3-21-16/h2-3,7,10-11,13H,4-5,8-9H2,1H3,(H2,21,22,23)(H,24,25,26,28)/t10-,11?,13?/m1/s1. The second-order valence-electron chi connectivity index (χ2n) is 7.65. The van der Waals surface area contributed by atoms with Crippen molar-refractivity contribution in [2.45, 2.75) is 18.9 Å². The molecule has 4 heterocycles. The van der Waals surface area contributed by atoms with E-state index in [1.165, 1.54) is 7.11 Å². The Bertz CT molecular complexity index is 1120. The number of carbonyl (C=O) groups excluding carboxylic acids is 1. The van der Waals surface area contributed by atoms with Crippen LogP contribution in [0.25, 0.3) is 11.0 Å². The minimum Gasteiger partial charge on any atom is -0.466 e. The molecule has 5 rings (SSSR count). The number of ether oxygens (including phenoxy) is 1. The number of amides is 2. The van der Waals surface area contributed by atoms with Crippen molar-refractivity contribution in [1.82, 2.24) is 24.2 Å². The van der Waals surface area contributed by atoms with Gasteiger partial charge in [-0.2, -0.15) is 10.2 Å². The van der Waals surface area contributed by atoms with Crippen LogP contribution in [0.5, 0.6) is 6.01 Å². The van der Waals surface area contributed by atoms with Gasteiger partial charge in [-0.1, -0.05) is 0 Å². The van der Waals surface area contributed by atoms with E-state index in [9.17, 15) is 10.1 Å². The maximum atomic E-state index is 12.6. The third-order valence-electron chi connectivity index (χ3n) is 5.90. The van der Waals surface area contributed by atoms with Crippen molar-refractivity contribution in [2.75, 3.05) is 30.8 Å². The largest absolute Gasteiger partial charge is 0.466 e. The fraction of sp³-hybridized carbons (Fsp3) is 0.421. The summed E-state index contributed by atoms with van der Waals surface area (Å²) in [5.41, 5.74) is 2.16. The van der Waals surface area contributed by atoms with Gasteiger partial charge in [0, 0.05) is 48.4 Å². The molecule has 11 heteroatoms. The maximum Gasteiger partial charge on any atom is 0.329 e. The van der Waals surface area contributed by atoms with Crippen LogP contribution in [0.4, 0.5) is 15.6 Å². The molecule has 1 saturated heterocycles. The van der Waals surface area contributed by atoms with E-state index in [4.69, 9.17) is 4.74 Å². The van der Waals surface area contributed by atoms with Gasteiger partial charge in [-0.05, 0) is 30.7 Å². The van der Waals surface area contributed by atoms with Crippen molar-refractivity contribution in [3.63, 3.8) is 0 Å². The number of nitriles is 1. The van der Waals surface area contributed by atoms with Crippen molar-refractivity contribution in [1.29, 1.82) is 5.26 Å². The lowest BCUT2D eigenvalue weighted by atomic mass is 10.0. The second kappa shape index (κ2) is 7.46. The second-order valence-corrected chi connectivity index (χ2v) is 8.40. The highest BCUT2D eigenvalue weighted by atomic mass is 32.1. The molecule has 0 bridgehead atoms. The number of likely N-dealkylation sites (tertiary alicyclic amines) is 1. The van der Waals surface area contributed by atoms with E-state index in [0.29, 0.717) is 35.6 Å². The molecule has 3 atom stereocenters. The van der Waals surface area contributed by atoms with Crippen LogP contribution in [0.15, 0.2) is 18.5 Å². The van der Waals surface area contributed by atoms with Crippen molar-refractivity contribution < 1.29 is 9.53 Å². The molecule has 30 heavy (non-hydrogen) atoms. The fourth-order valence-electron chi connectivity index (χ4n) is 4.55. The summed E-state index contributed by atoms with van der Waals surface area (Å²) in [5, 5.41) is 17.2. The van der Waals surface area contributed by atoms with E-state index in [1.54, 1.807) is 6.20 Å². The van der Waals surface area contributed by atoms with Gasteiger partial charge in [0.1, 0.15) is 11.7 Å². The molecule has 2 amide bonds. The number of fused-ring (bicyclic) bond motifs is 2. The summed E-state index contributed by atoms with van der Waals surface area (Å²) in [5.74, 6) is 0.873. The molecule has 0 radical (unpaired) electrons. The number of rotatable bonds is 4. The van der Waals surface area contributed by atoms with Crippen LogP contribution >= 0.6 is 11.5 Å². The van der Waals surface area contributed by atoms with Gasteiger partial charge in [0.15, 0.2) is 0 Å². The molecule has 1 aliphatic carbocycles. The lowest BCUT2D eigenvalue weighted by molar-refractivity contribution is 0.218. The molecular formula is C19H20N8O2S. The Balaban J connectivity index is 1.22. The smallest absolute Gasteiger partial charge is 0.329 e. The molecule has 0 aromatic carbocycles. The van der Waals surface area contributed by atoms with Crippen molar-refractivity contribution >= 4 is 39.4 Å². The molecule has 2 fully saturated rings. The Morgan fingerprint density at radius 3 is 2.90 bits per heavy atom. The average Bonchev–Trinajstić information content (AvgIpc) is 3.51. The van der Waals surface area contributed by atoms with Crippen LogP contribution in [-0.4, -0.2) is 56.5 Å². The minimum absolute atomic E-state index is 0.150. The highest BCUT2D eigenvalue weighted by Crippen LogP contribution is 2.40. The molecule has 1 aliphatic heterocycles. The zero-order chi connectivity index (χ0) is 20.7. The van der Waals surface area contributed by atoms with Gasteiger partial charge in [-0.25, -0.2) is 9.78 Å².